The van der Waals surface area contributed by atoms with Crippen molar-refractivity contribution in [3.8, 4) is 0 Å². The number of carboxylic acid groups (broad SMARTS) is 1. The van der Waals surface area contributed by atoms with Crippen LogP contribution in [0.4, 0.5) is 0 Å². The molecule has 3 N–H and O–H groups in total. The molecule has 0 bridgehead atoms. The Labute approximate surface area is 172 Å². The molecule has 8 nitrogen and oxygen atoms in total. The minimum absolute atomic E-state index is 0.274. The van der Waals surface area contributed by atoms with Crippen molar-refractivity contribution >= 4 is 22.8 Å². The normalized spacial score (nSPS) is 14.1. The molecule has 8 heteroatoms. The molecular weight excluding hydrogens is 386 g/mol. The Balaban J connectivity index is 2.08. The van der Waals surface area contributed by atoms with Crippen LogP contribution >= 0.6 is 0 Å². The number of para-hydroxylation sites is 1. The van der Waals surface area contributed by atoms with E-state index >= 15 is 0 Å². The molecular formula is C22H23N3O5. The number of carbonyl (C=O) groups is 2. The van der Waals surface area contributed by atoms with Crippen molar-refractivity contribution in [2.45, 2.75) is 32.4 Å². The van der Waals surface area contributed by atoms with Crippen LogP contribution in [0.25, 0.3) is 10.9 Å². The quantitative estimate of drug-likeness (QED) is 0.552. The molecule has 0 aliphatic rings. The number of aromatic amines is 1. The first-order valence-electron chi connectivity index (χ1n) is 9.66. The predicted octanol–water partition coefficient (Wildman–Crippen LogP) is 2.22. The van der Waals surface area contributed by atoms with Crippen LogP contribution in [0, 0.1) is 5.92 Å². The van der Waals surface area contributed by atoms with Crippen LogP contribution in [0.1, 0.15) is 37.9 Å². The first-order chi connectivity index (χ1) is 14.3. The molecule has 0 aliphatic heterocycles. The summed E-state index contributed by atoms with van der Waals surface area (Å²) in [7, 11) is 0. The van der Waals surface area contributed by atoms with E-state index in [0.717, 1.165) is 4.57 Å². The SMILES string of the molecule is CCC(C)C(C(=O)NC(C(=O)O)c1ccccc1)n1c(=O)[nH]c2ccccc2c1=O. The molecule has 30 heavy (non-hydrogen) atoms. The lowest BCUT2D eigenvalue weighted by atomic mass is 9.97. The van der Waals surface area contributed by atoms with Crippen LogP contribution in [0.5, 0.6) is 0 Å². The third-order valence-electron chi connectivity index (χ3n) is 5.23. The minimum Gasteiger partial charge on any atom is -0.479 e. The van der Waals surface area contributed by atoms with E-state index in [2.05, 4.69) is 10.3 Å². The van der Waals surface area contributed by atoms with E-state index in [0.29, 0.717) is 17.5 Å². The largest absolute Gasteiger partial charge is 0.479 e. The van der Waals surface area contributed by atoms with Crippen molar-refractivity contribution < 1.29 is 14.7 Å². The standard InChI is InChI=1S/C22H23N3O5/c1-3-13(2)18(19(26)24-17(21(28)29)14-9-5-4-6-10-14)25-20(27)15-11-7-8-12-16(15)23-22(25)30/h4-13,17-18H,3H2,1-2H3,(H,23,30)(H,24,26)(H,28,29). The number of benzene rings is 2. The first kappa shape index (κ1) is 21.0. The second-order valence-corrected chi connectivity index (χ2v) is 7.17. The number of carbonyl (C=O) groups excluding carboxylic acids is 1. The summed E-state index contributed by atoms with van der Waals surface area (Å²) < 4.78 is 0.885. The summed E-state index contributed by atoms with van der Waals surface area (Å²) in [6.45, 7) is 3.57. The fraction of sp³-hybridized carbons (Fsp3) is 0.273. The van der Waals surface area contributed by atoms with Crippen LogP contribution < -0.4 is 16.6 Å². The maximum absolute atomic E-state index is 13.2. The van der Waals surface area contributed by atoms with Crippen LogP contribution in [-0.2, 0) is 9.59 Å². The lowest BCUT2D eigenvalue weighted by Crippen LogP contribution is -2.48. The number of aromatic nitrogens is 2. The van der Waals surface area contributed by atoms with Gasteiger partial charge < -0.3 is 15.4 Å². The number of hydrogen-bond acceptors (Lipinski definition) is 4. The van der Waals surface area contributed by atoms with E-state index in [-0.39, 0.29) is 5.39 Å². The molecule has 0 fully saturated rings. The van der Waals surface area contributed by atoms with Crippen LogP contribution in [0.3, 0.4) is 0 Å². The van der Waals surface area contributed by atoms with Crippen molar-refractivity contribution in [1.82, 2.24) is 14.9 Å². The molecule has 3 unspecified atom stereocenters. The van der Waals surface area contributed by atoms with Gasteiger partial charge >= 0.3 is 11.7 Å². The van der Waals surface area contributed by atoms with Crippen LogP contribution in [-0.4, -0.2) is 26.5 Å². The highest BCUT2D eigenvalue weighted by molar-refractivity contribution is 5.87. The van der Waals surface area contributed by atoms with Gasteiger partial charge in [0.15, 0.2) is 6.04 Å². The molecule has 0 saturated carbocycles. The average molecular weight is 409 g/mol. The molecule has 3 rings (SSSR count). The Morgan fingerprint density at radius 3 is 2.33 bits per heavy atom. The predicted molar refractivity (Wildman–Crippen MR) is 112 cm³/mol. The van der Waals surface area contributed by atoms with Gasteiger partial charge in [-0.2, -0.15) is 0 Å². The molecule has 3 atom stereocenters. The zero-order chi connectivity index (χ0) is 21.8. The molecule has 0 aliphatic carbocycles. The molecule has 156 valence electrons. The topological polar surface area (TPSA) is 121 Å². The van der Waals surface area contributed by atoms with Crippen molar-refractivity contribution in [1.29, 1.82) is 0 Å². The number of fused-ring (bicyclic) bond motifs is 1. The lowest BCUT2D eigenvalue weighted by molar-refractivity contribution is -0.142. The number of nitrogens with one attached hydrogen (secondary N) is 2. The Bertz CT molecular complexity index is 1180. The molecule has 0 saturated heterocycles. The van der Waals surface area contributed by atoms with Crippen LogP contribution in [0.2, 0.25) is 0 Å². The van der Waals surface area contributed by atoms with Gasteiger partial charge in [0.05, 0.1) is 10.9 Å². The highest BCUT2D eigenvalue weighted by Crippen LogP contribution is 2.22. The molecule has 3 aromatic rings. The fourth-order valence-corrected chi connectivity index (χ4v) is 3.44. The first-order valence-corrected chi connectivity index (χ1v) is 9.66. The lowest BCUT2D eigenvalue weighted by Gasteiger charge is -2.26. The van der Waals surface area contributed by atoms with Gasteiger partial charge in [-0.3, -0.25) is 9.59 Å². The van der Waals surface area contributed by atoms with Gasteiger partial charge in [-0.15, -0.1) is 0 Å². The molecule has 0 radical (unpaired) electrons. The Hall–Kier alpha value is -3.68. The smallest absolute Gasteiger partial charge is 0.330 e. The number of hydrogen-bond donors (Lipinski definition) is 3. The highest BCUT2D eigenvalue weighted by atomic mass is 16.4. The fourth-order valence-electron chi connectivity index (χ4n) is 3.44. The van der Waals surface area contributed by atoms with Crippen molar-refractivity contribution in [2.24, 2.45) is 5.92 Å². The summed E-state index contributed by atoms with van der Waals surface area (Å²) >= 11 is 0. The molecule has 1 amide bonds. The summed E-state index contributed by atoms with van der Waals surface area (Å²) in [4.78, 5) is 53.4. The van der Waals surface area contributed by atoms with E-state index in [9.17, 15) is 24.3 Å². The Morgan fingerprint density at radius 1 is 1.07 bits per heavy atom. The average Bonchev–Trinajstić information content (AvgIpc) is 2.74. The Kier molecular flexibility index (Phi) is 6.15. The van der Waals surface area contributed by atoms with Gasteiger partial charge in [-0.1, -0.05) is 62.7 Å². The zero-order valence-corrected chi connectivity index (χ0v) is 16.7. The van der Waals surface area contributed by atoms with Gasteiger partial charge in [0.25, 0.3) is 5.56 Å². The summed E-state index contributed by atoms with van der Waals surface area (Å²) in [5, 5.41) is 12.4. The summed E-state index contributed by atoms with van der Waals surface area (Å²) in [5.74, 6) is -2.34. The number of H-pyrrole nitrogens is 1. The van der Waals surface area contributed by atoms with Crippen molar-refractivity contribution in [3.05, 3.63) is 81.0 Å². The zero-order valence-electron chi connectivity index (χ0n) is 16.7. The Morgan fingerprint density at radius 2 is 1.70 bits per heavy atom. The van der Waals surface area contributed by atoms with E-state index in [4.69, 9.17) is 0 Å². The van der Waals surface area contributed by atoms with E-state index in [1.807, 2.05) is 6.92 Å². The summed E-state index contributed by atoms with van der Waals surface area (Å²) in [6, 6.07) is 12.3. The monoisotopic (exact) mass is 409 g/mol. The third-order valence-corrected chi connectivity index (χ3v) is 5.23. The molecule has 1 heterocycles. The molecule has 2 aromatic carbocycles. The van der Waals surface area contributed by atoms with Gasteiger partial charge in [-0.25, -0.2) is 14.2 Å². The van der Waals surface area contributed by atoms with Crippen molar-refractivity contribution in [2.75, 3.05) is 0 Å². The van der Waals surface area contributed by atoms with Crippen LogP contribution in [0.15, 0.2) is 64.2 Å². The van der Waals surface area contributed by atoms with Gasteiger partial charge in [0.1, 0.15) is 6.04 Å². The van der Waals surface area contributed by atoms with Gasteiger partial charge in [0.2, 0.25) is 5.91 Å². The number of rotatable bonds is 7. The summed E-state index contributed by atoms with van der Waals surface area (Å²) in [5.41, 5.74) is -0.548. The van der Waals surface area contributed by atoms with Gasteiger partial charge in [0, 0.05) is 0 Å². The number of aliphatic carboxylic acids is 1. The van der Waals surface area contributed by atoms with E-state index < -0.39 is 41.1 Å². The second kappa shape index (κ2) is 8.77. The summed E-state index contributed by atoms with van der Waals surface area (Å²) in [6.07, 6.45) is 0.500. The number of nitrogens with zero attached hydrogens (tertiary/aromatic N) is 1. The maximum Gasteiger partial charge on any atom is 0.330 e. The van der Waals surface area contributed by atoms with Crippen molar-refractivity contribution in [3.63, 3.8) is 0 Å². The van der Waals surface area contributed by atoms with Gasteiger partial charge in [-0.05, 0) is 23.6 Å². The highest BCUT2D eigenvalue weighted by Gasteiger charge is 2.32. The molecule has 0 spiro atoms. The maximum atomic E-state index is 13.2. The number of carboxylic acids is 1. The number of amides is 1. The third kappa shape index (κ3) is 4.03. The minimum atomic E-state index is -1.31. The van der Waals surface area contributed by atoms with E-state index in [1.54, 1.807) is 61.5 Å². The van der Waals surface area contributed by atoms with E-state index in [1.165, 1.54) is 0 Å². The second-order valence-electron chi connectivity index (χ2n) is 7.17. The molecule has 1 aromatic heterocycles.